The van der Waals surface area contributed by atoms with E-state index in [-0.39, 0.29) is 17.8 Å². The highest BCUT2D eigenvalue weighted by Crippen LogP contribution is 2.27. The number of quaternary nitrogens is 1. The molecule has 1 atom stereocenters. The number of carbonyl (C=O) groups excluding carboxylic acids is 1. The zero-order valence-electron chi connectivity index (χ0n) is 16.8. The number of piperazine rings is 1. The molecule has 0 saturated carbocycles. The van der Waals surface area contributed by atoms with Gasteiger partial charge in [-0.15, -0.1) is 0 Å². The summed E-state index contributed by atoms with van der Waals surface area (Å²) in [5.74, 6) is 0.515. The second kappa shape index (κ2) is 9.06. The molecule has 2 N–H and O–H groups in total. The Kier molecular flexibility index (Phi) is 6.52. The van der Waals surface area contributed by atoms with Gasteiger partial charge in [-0.3, -0.25) is 4.79 Å². The van der Waals surface area contributed by atoms with E-state index in [2.05, 4.69) is 16.3 Å². The summed E-state index contributed by atoms with van der Waals surface area (Å²) in [6.45, 7) is 9.69. The van der Waals surface area contributed by atoms with Gasteiger partial charge in [0.25, 0.3) is 5.91 Å². The van der Waals surface area contributed by atoms with E-state index < -0.39 is 0 Å². The standard InChI is InChI=1S/C22H28FN3O2/c1-4-28-21-8-6-5-7-20(21)26-13-11-25(12-14-26)17(3)22(27)24-18-10-9-16(2)19(23)15-18/h5-10,15,17H,4,11-14H2,1-3H3,(H,24,27)/p+1/t17-/m0/s1. The third-order valence-electron chi connectivity index (χ3n) is 5.36. The quantitative estimate of drug-likeness (QED) is 0.801. The van der Waals surface area contributed by atoms with Gasteiger partial charge in [0.05, 0.1) is 38.5 Å². The molecular formula is C22H29FN3O2+. The van der Waals surface area contributed by atoms with Crippen LogP contribution in [0.2, 0.25) is 0 Å². The molecule has 5 nitrogen and oxygen atoms in total. The van der Waals surface area contributed by atoms with Gasteiger partial charge >= 0.3 is 0 Å². The lowest BCUT2D eigenvalue weighted by Gasteiger charge is -2.36. The first-order valence-corrected chi connectivity index (χ1v) is 9.88. The van der Waals surface area contributed by atoms with Gasteiger partial charge in [0.15, 0.2) is 6.04 Å². The summed E-state index contributed by atoms with van der Waals surface area (Å²) in [6, 6.07) is 12.7. The van der Waals surface area contributed by atoms with Crippen molar-refractivity contribution < 1.29 is 18.8 Å². The van der Waals surface area contributed by atoms with Crippen LogP contribution < -0.4 is 19.9 Å². The van der Waals surface area contributed by atoms with E-state index in [0.29, 0.717) is 17.9 Å². The van der Waals surface area contributed by atoms with Gasteiger partial charge in [-0.2, -0.15) is 0 Å². The highest BCUT2D eigenvalue weighted by atomic mass is 19.1. The van der Waals surface area contributed by atoms with Crippen molar-refractivity contribution in [2.45, 2.75) is 26.8 Å². The molecule has 0 spiro atoms. The maximum absolute atomic E-state index is 13.7. The van der Waals surface area contributed by atoms with Crippen LogP contribution >= 0.6 is 0 Å². The first-order chi connectivity index (χ1) is 13.5. The first-order valence-electron chi connectivity index (χ1n) is 9.88. The maximum atomic E-state index is 13.7. The smallest absolute Gasteiger partial charge is 0.282 e. The van der Waals surface area contributed by atoms with Crippen molar-refractivity contribution in [3.8, 4) is 5.75 Å². The van der Waals surface area contributed by atoms with Crippen molar-refractivity contribution in [3.63, 3.8) is 0 Å². The van der Waals surface area contributed by atoms with E-state index in [9.17, 15) is 9.18 Å². The molecule has 0 aromatic heterocycles. The Bertz CT molecular complexity index is 819. The summed E-state index contributed by atoms with van der Waals surface area (Å²) in [4.78, 5) is 16.2. The van der Waals surface area contributed by atoms with Crippen molar-refractivity contribution in [2.24, 2.45) is 0 Å². The summed E-state index contributed by atoms with van der Waals surface area (Å²) in [7, 11) is 0. The molecule has 6 heteroatoms. The van der Waals surface area contributed by atoms with Crippen LogP contribution in [0, 0.1) is 12.7 Å². The molecule has 2 aromatic rings. The van der Waals surface area contributed by atoms with Crippen LogP contribution in [0.5, 0.6) is 5.75 Å². The molecule has 0 aliphatic carbocycles. The number of anilines is 2. The number of aryl methyl sites for hydroxylation is 1. The lowest BCUT2D eigenvalue weighted by Crippen LogP contribution is -3.19. The van der Waals surface area contributed by atoms with Crippen molar-refractivity contribution >= 4 is 17.3 Å². The van der Waals surface area contributed by atoms with Crippen LogP contribution in [0.4, 0.5) is 15.8 Å². The Morgan fingerprint density at radius 2 is 1.96 bits per heavy atom. The number of para-hydroxylation sites is 2. The maximum Gasteiger partial charge on any atom is 0.282 e. The molecular weight excluding hydrogens is 357 g/mol. The molecule has 0 unspecified atom stereocenters. The van der Waals surface area contributed by atoms with E-state index in [1.54, 1.807) is 19.1 Å². The van der Waals surface area contributed by atoms with E-state index >= 15 is 0 Å². The van der Waals surface area contributed by atoms with Crippen molar-refractivity contribution in [1.82, 2.24) is 0 Å². The number of nitrogens with one attached hydrogen (secondary N) is 2. The Hall–Kier alpha value is -2.60. The molecule has 1 fully saturated rings. The number of nitrogens with zero attached hydrogens (tertiary/aromatic N) is 1. The molecule has 1 amide bonds. The number of ether oxygens (including phenoxy) is 1. The van der Waals surface area contributed by atoms with Gasteiger partial charge in [0.2, 0.25) is 0 Å². The fraction of sp³-hybridized carbons (Fsp3) is 0.409. The summed E-state index contributed by atoms with van der Waals surface area (Å²) in [5, 5.41) is 2.84. The molecule has 3 rings (SSSR count). The number of halogens is 1. The van der Waals surface area contributed by atoms with Crippen molar-refractivity contribution in [2.75, 3.05) is 43.0 Å². The molecule has 2 aromatic carbocycles. The van der Waals surface area contributed by atoms with E-state index in [4.69, 9.17) is 4.74 Å². The van der Waals surface area contributed by atoms with Gasteiger partial charge in [0, 0.05) is 5.69 Å². The minimum atomic E-state index is -0.306. The number of hydrogen-bond donors (Lipinski definition) is 2. The molecule has 28 heavy (non-hydrogen) atoms. The molecule has 1 aliphatic rings. The Balaban J connectivity index is 1.58. The summed E-state index contributed by atoms with van der Waals surface area (Å²) in [6.07, 6.45) is 0. The highest BCUT2D eigenvalue weighted by Gasteiger charge is 2.30. The predicted octanol–water partition coefficient (Wildman–Crippen LogP) is 2.26. The molecule has 1 heterocycles. The molecule has 1 saturated heterocycles. The van der Waals surface area contributed by atoms with Gasteiger partial charge in [-0.1, -0.05) is 18.2 Å². The largest absolute Gasteiger partial charge is 0.492 e. The molecule has 0 radical (unpaired) electrons. The van der Waals surface area contributed by atoms with Gasteiger partial charge in [0.1, 0.15) is 11.6 Å². The molecule has 150 valence electrons. The number of amides is 1. The van der Waals surface area contributed by atoms with E-state index in [1.165, 1.54) is 11.0 Å². The lowest BCUT2D eigenvalue weighted by molar-refractivity contribution is -0.914. The second-order valence-electron chi connectivity index (χ2n) is 7.22. The van der Waals surface area contributed by atoms with Crippen LogP contribution in [0.3, 0.4) is 0 Å². The van der Waals surface area contributed by atoms with E-state index in [0.717, 1.165) is 37.6 Å². The lowest BCUT2D eigenvalue weighted by atomic mass is 10.1. The zero-order chi connectivity index (χ0) is 20.1. The average Bonchev–Trinajstić information content (AvgIpc) is 2.71. The average molecular weight is 386 g/mol. The number of carbonyl (C=O) groups is 1. The summed E-state index contributed by atoms with van der Waals surface area (Å²) < 4.78 is 19.4. The van der Waals surface area contributed by atoms with Crippen LogP contribution in [-0.2, 0) is 4.79 Å². The first kappa shape index (κ1) is 20.1. The van der Waals surface area contributed by atoms with Gasteiger partial charge < -0.3 is 19.9 Å². The van der Waals surface area contributed by atoms with Gasteiger partial charge in [-0.05, 0) is 50.6 Å². The molecule has 0 bridgehead atoms. The topological polar surface area (TPSA) is 46.0 Å². The Morgan fingerprint density at radius 1 is 1.25 bits per heavy atom. The summed E-state index contributed by atoms with van der Waals surface area (Å²) >= 11 is 0. The number of rotatable bonds is 6. The Morgan fingerprint density at radius 3 is 2.64 bits per heavy atom. The Labute approximate surface area is 166 Å². The SMILES string of the molecule is CCOc1ccccc1N1CC[NH+]([C@@H](C)C(=O)Nc2ccc(C)c(F)c2)CC1. The third-order valence-corrected chi connectivity index (χ3v) is 5.36. The van der Waals surface area contributed by atoms with Crippen LogP contribution in [0.25, 0.3) is 0 Å². The second-order valence-corrected chi connectivity index (χ2v) is 7.22. The normalized spacial score (nSPS) is 15.9. The highest BCUT2D eigenvalue weighted by molar-refractivity contribution is 5.93. The van der Waals surface area contributed by atoms with Crippen molar-refractivity contribution in [3.05, 3.63) is 53.8 Å². The van der Waals surface area contributed by atoms with Crippen LogP contribution in [-0.4, -0.2) is 44.7 Å². The van der Waals surface area contributed by atoms with Crippen molar-refractivity contribution in [1.29, 1.82) is 0 Å². The monoisotopic (exact) mass is 386 g/mol. The minimum Gasteiger partial charge on any atom is -0.492 e. The number of benzene rings is 2. The minimum absolute atomic E-state index is 0.0820. The fourth-order valence-electron chi connectivity index (χ4n) is 3.57. The summed E-state index contributed by atoms with van der Waals surface area (Å²) in [5.41, 5.74) is 2.18. The predicted molar refractivity (Wildman–Crippen MR) is 110 cm³/mol. The zero-order valence-corrected chi connectivity index (χ0v) is 16.8. The van der Waals surface area contributed by atoms with Gasteiger partial charge in [-0.25, -0.2) is 4.39 Å². The van der Waals surface area contributed by atoms with E-state index in [1.807, 2.05) is 32.0 Å². The number of hydrogen-bond acceptors (Lipinski definition) is 3. The third kappa shape index (κ3) is 4.62. The van der Waals surface area contributed by atoms with Crippen LogP contribution in [0.15, 0.2) is 42.5 Å². The fourth-order valence-corrected chi connectivity index (χ4v) is 3.57. The molecule has 1 aliphatic heterocycles. The van der Waals surface area contributed by atoms with Crippen LogP contribution in [0.1, 0.15) is 19.4 Å².